The van der Waals surface area contributed by atoms with Gasteiger partial charge in [0.1, 0.15) is 5.82 Å². The highest BCUT2D eigenvalue weighted by Gasteiger charge is 2.09. The molecule has 1 heterocycles. The van der Waals surface area contributed by atoms with Gasteiger partial charge in [0.05, 0.1) is 30.4 Å². The van der Waals surface area contributed by atoms with Crippen molar-refractivity contribution in [2.45, 2.75) is 39.4 Å². The molecule has 2 aromatic carbocycles. The lowest BCUT2D eigenvalue weighted by Crippen LogP contribution is -2.16. The molecule has 0 bridgehead atoms. The van der Waals surface area contributed by atoms with Crippen molar-refractivity contribution in [3.63, 3.8) is 0 Å². The molecular formula is C20H24N2O2. The van der Waals surface area contributed by atoms with Crippen LogP contribution in [0.4, 0.5) is 0 Å². The molecule has 0 aliphatic carbocycles. The summed E-state index contributed by atoms with van der Waals surface area (Å²) < 4.78 is 5.58. The normalized spacial score (nSPS) is 12.6. The Morgan fingerprint density at radius 3 is 2.67 bits per heavy atom. The van der Waals surface area contributed by atoms with E-state index >= 15 is 0 Å². The van der Waals surface area contributed by atoms with E-state index in [1.54, 1.807) is 0 Å². The number of ether oxygens (including phenoxy) is 1. The van der Waals surface area contributed by atoms with Crippen molar-refractivity contribution in [3.05, 3.63) is 65.0 Å². The highest BCUT2D eigenvalue weighted by atomic mass is 16.5. The summed E-state index contributed by atoms with van der Waals surface area (Å²) in [5, 5.41) is 10.1. The zero-order chi connectivity index (χ0) is 16.9. The number of aliphatic hydroxyl groups is 1. The zero-order valence-corrected chi connectivity index (χ0v) is 14.2. The summed E-state index contributed by atoms with van der Waals surface area (Å²) in [5.74, 6) is 0.914. The first-order valence-corrected chi connectivity index (χ1v) is 8.37. The molecule has 0 aliphatic heterocycles. The van der Waals surface area contributed by atoms with Gasteiger partial charge in [-0.2, -0.15) is 0 Å². The van der Waals surface area contributed by atoms with E-state index in [1.165, 1.54) is 11.1 Å². The summed E-state index contributed by atoms with van der Waals surface area (Å²) in [7, 11) is 0. The highest BCUT2D eigenvalue weighted by Crippen LogP contribution is 2.18. The lowest BCUT2D eigenvalue weighted by Gasteiger charge is -2.10. The summed E-state index contributed by atoms with van der Waals surface area (Å²) in [6.07, 6.45) is 0.861. The van der Waals surface area contributed by atoms with Gasteiger partial charge in [0.25, 0.3) is 0 Å². The Kier molecular flexibility index (Phi) is 5.28. The maximum Gasteiger partial charge on any atom is 0.107 e. The van der Waals surface area contributed by atoms with Crippen molar-refractivity contribution in [1.29, 1.82) is 0 Å². The minimum Gasteiger partial charge on any atom is -0.391 e. The fourth-order valence-corrected chi connectivity index (χ4v) is 2.71. The number of fused-ring (bicyclic) bond motifs is 1. The van der Waals surface area contributed by atoms with E-state index in [-0.39, 0.29) is 0 Å². The third-order valence-corrected chi connectivity index (χ3v) is 4.28. The molecule has 1 unspecified atom stereocenters. The monoisotopic (exact) mass is 324 g/mol. The number of imidazole rings is 1. The molecule has 3 aromatic rings. The van der Waals surface area contributed by atoms with Gasteiger partial charge in [-0.3, -0.25) is 0 Å². The largest absolute Gasteiger partial charge is 0.391 e. The Labute approximate surface area is 142 Å². The summed E-state index contributed by atoms with van der Waals surface area (Å²) in [5.41, 5.74) is 5.67. The van der Waals surface area contributed by atoms with Crippen LogP contribution in [0.1, 0.15) is 28.9 Å². The molecule has 24 heavy (non-hydrogen) atoms. The topological polar surface area (TPSA) is 58.1 Å². The maximum atomic E-state index is 10.1. The second-order valence-electron chi connectivity index (χ2n) is 6.33. The average Bonchev–Trinajstić information content (AvgIpc) is 2.96. The first-order chi connectivity index (χ1) is 11.6. The lowest BCUT2D eigenvalue weighted by molar-refractivity contribution is 0.0245. The molecule has 2 N–H and O–H groups in total. The first kappa shape index (κ1) is 16.7. The molecular weight excluding hydrogens is 300 g/mol. The van der Waals surface area contributed by atoms with Crippen molar-refractivity contribution >= 4 is 11.0 Å². The van der Waals surface area contributed by atoms with Crippen LogP contribution in [0, 0.1) is 13.8 Å². The average molecular weight is 324 g/mol. The summed E-state index contributed by atoms with van der Waals surface area (Å²) >= 11 is 0. The van der Waals surface area contributed by atoms with Crippen LogP contribution in [0.15, 0.2) is 42.5 Å². The molecule has 3 rings (SSSR count). The molecule has 0 amide bonds. The summed E-state index contributed by atoms with van der Waals surface area (Å²) in [6, 6.07) is 14.2. The van der Waals surface area contributed by atoms with Crippen LogP contribution in [0.5, 0.6) is 0 Å². The molecule has 0 saturated heterocycles. The van der Waals surface area contributed by atoms with Crippen LogP contribution in [0.2, 0.25) is 0 Å². The Bertz CT molecular complexity index is 757. The summed E-state index contributed by atoms with van der Waals surface area (Å²) in [4.78, 5) is 7.94. The van der Waals surface area contributed by atoms with Gasteiger partial charge in [-0.05, 0) is 49.1 Å². The molecule has 1 aromatic heterocycles. The van der Waals surface area contributed by atoms with Crippen LogP contribution in [-0.2, 0) is 17.8 Å². The SMILES string of the molecule is Cc1cc2nc(CCC(O)COCc3ccccc3)[nH]c2cc1C. The molecule has 0 spiro atoms. The van der Waals surface area contributed by atoms with Crippen molar-refractivity contribution in [1.82, 2.24) is 9.97 Å². The van der Waals surface area contributed by atoms with E-state index in [4.69, 9.17) is 4.74 Å². The Morgan fingerprint density at radius 2 is 1.88 bits per heavy atom. The number of nitrogens with one attached hydrogen (secondary N) is 1. The van der Waals surface area contributed by atoms with Crippen molar-refractivity contribution in [3.8, 4) is 0 Å². The number of nitrogens with zero attached hydrogens (tertiary/aromatic N) is 1. The van der Waals surface area contributed by atoms with Crippen LogP contribution in [-0.4, -0.2) is 27.8 Å². The van der Waals surface area contributed by atoms with Gasteiger partial charge in [0.15, 0.2) is 0 Å². The minimum absolute atomic E-state index is 0.341. The first-order valence-electron chi connectivity index (χ1n) is 8.37. The quantitative estimate of drug-likeness (QED) is 0.697. The molecule has 4 nitrogen and oxygen atoms in total. The smallest absolute Gasteiger partial charge is 0.107 e. The molecule has 4 heteroatoms. The van der Waals surface area contributed by atoms with E-state index in [0.717, 1.165) is 22.4 Å². The zero-order valence-electron chi connectivity index (χ0n) is 14.2. The predicted molar refractivity (Wildman–Crippen MR) is 96.0 cm³/mol. The standard InChI is InChI=1S/C20H24N2O2/c1-14-10-18-19(11-15(14)2)22-20(21-18)9-8-17(23)13-24-12-16-6-4-3-5-7-16/h3-7,10-11,17,23H,8-9,12-13H2,1-2H3,(H,21,22). The minimum atomic E-state index is -0.481. The molecule has 126 valence electrons. The number of benzene rings is 2. The lowest BCUT2D eigenvalue weighted by atomic mass is 10.1. The number of rotatable bonds is 7. The Balaban J connectivity index is 1.48. The second kappa shape index (κ2) is 7.60. The van der Waals surface area contributed by atoms with Gasteiger partial charge >= 0.3 is 0 Å². The fraction of sp³-hybridized carbons (Fsp3) is 0.350. The van der Waals surface area contributed by atoms with E-state index < -0.39 is 6.10 Å². The number of aromatic amines is 1. The van der Waals surface area contributed by atoms with E-state index in [1.807, 2.05) is 30.3 Å². The van der Waals surface area contributed by atoms with Gasteiger partial charge < -0.3 is 14.8 Å². The number of H-pyrrole nitrogens is 1. The third-order valence-electron chi connectivity index (χ3n) is 4.28. The van der Waals surface area contributed by atoms with Gasteiger partial charge in [0, 0.05) is 6.42 Å². The Morgan fingerprint density at radius 1 is 1.12 bits per heavy atom. The third kappa shape index (κ3) is 4.22. The van der Waals surface area contributed by atoms with Crippen LogP contribution < -0.4 is 0 Å². The van der Waals surface area contributed by atoms with E-state index in [9.17, 15) is 5.11 Å². The van der Waals surface area contributed by atoms with E-state index in [2.05, 4.69) is 35.9 Å². The molecule has 0 saturated carbocycles. The molecule has 0 fully saturated rings. The van der Waals surface area contributed by atoms with Crippen LogP contribution in [0.25, 0.3) is 11.0 Å². The number of hydrogen-bond acceptors (Lipinski definition) is 3. The number of aryl methyl sites for hydroxylation is 3. The molecule has 1 atom stereocenters. The number of aliphatic hydroxyl groups excluding tert-OH is 1. The van der Waals surface area contributed by atoms with Crippen LogP contribution in [0.3, 0.4) is 0 Å². The summed E-state index contributed by atoms with van der Waals surface area (Å²) in [6.45, 7) is 5.06. The van der Waals surface area contributed by atoms with Crippen molar-refractivity contribution < 1.29 is 9.84 Å². The van der Waals surface area contributed by atoms with Crippen molar-refractivity contribution in [2.24, 2.45) is 0 Å². The van der Waals surface area contributed by atoms with Gasteiger partial charge in [-0.1, -0.05) is 30.3 Å². The van der Waals surface area contributed by atoms with E-state index in [0.29, 0.717) is 26.1 Å². The van der Waals surface area contributed by atoms with Gasteiger partial charge in [-0.15, -0.1) is 0 Å². The molecule has 0 aliphatic rings. The van der Waals surface area contributed by atoms with Crippen molar-refractivity contribution in [2.75, 3.05) is 6.61 Å². The Hall–Kier alpha value is -2.17. The predicted octanol–water partition coefficient (Wildman–Crippen LogP) is 3.69. The van der Waals surface area contributed by atoms with Gasteiger partial charge in [-0.25, -0.2) is 4.98 Å². The van der Waals surface area contributed by atoms with Gasteiger partial charge in [0.2, 0.25) is 0 Å². The van der Waals surface area contributed by atoms with Crippen LogP contribution >= 0.6 is 0 Å². The number of hydrogen-bond donors (Lipinski definition) is 2. The number of aromatic nitrogens is 2. The molecule has 0 radical (unpaired) electrons. The maximum absolute atomic E-state index is 10.1. The fourth-order valence-electron chi connectivity index (χ4n) is 2.71. The highest BCUT2D eigenvalue weighted by molar-refractivity contribution is 5.77. The second-order valence-corrected chi connectivity index (χ2v) is 6.33.